The average molecular weight is 363 g/mol. The maximum Gasteiger partial charge on any atom is 0.266 e. The van der Waals surface area contributed by atoms with E-state index in [1.807, 2.05) is 12.2 Å². The number of hydrogen-bond acceptors (Lipinski definition) is 5. The molecule has 2 atom stereocenters. The zero-order valence-electron chi connectivity index (χ0n) is 14.4. The number of fused-ring (bicyclic) bond motifs is 2. The molecule has 3 rings (SSSR count). The number of sulfonamides is 1. The first-order valence-electron chi connectivity index (χ1n) is 8.71. The van der Waals surface area contributed by atoms with Crippen molar-refractivity contribution in [2.24, 2.45) is 11.7 Å². The molecule has 25 heavy (non-hydrogen) atoms. The number of allylic oxidation sites excluding steroid dienone is 1. The van der Waals surface area contributed by atoms with E-state index in [4.69, 9.17) is 5.73 Å². The molecule has 0 bridgehead atoms. The van der Waals surface area contributed by atoms with Crippen LogP contribution >= 0.6 is 0 Å². The highest BCUT2D eigenvalue weighted by atomic mass is 32.2. The lowest BCUT2D eigenvalue weighted by atomic mass is 10.1. The fourth-order valence-corrected chi connectivity index (χ4v) is 4.73. The molecule has 7 heteroatoms. The standard InChI is InChI=1S/C18H25N3O3S/c1-13-8-7-10-15-16(13)25(23,24)21-17(22)18(19)12-14(18)9-5-3-2-4-6-11-20-15/h5,7-10,14,20H,2-4,6,11-12,19H2,1H3,(H,21,22)/t14-,18-/m1/s1. The number of nitrogens with two attached hydrogens (primary N) is 1. The number of carbonyl (C=O) groups excluding carboxylic acids is 1. The number of amides is 1. The Bertz CT molecular complexity index is 804. The zero-order valence-corrected chi connectivity index (χ0v) is 15.2. The Morgan fingerprint density at radius 1 is 1.24 bits per heavy atom. The minimum Gasteiger partial charge on any atom is -0.384 e. The summed E-state index contributed by atoms with van der Waals surface area (Å²) in [5.74, 6) is -0.728. The smallest absolute Gasteiger partial charge is 0.266 e. The monoisotopic (exact) mass is 363 g/mol. The Morgan fingerprint density at radius 2 is 2.04 bits per heavy atom. The van der Waals surface area contributed by atoms with Crippen molar-refractivity contribution in [3.8, 4) is 0 Å². The van der Waals surface area contributed by atoms with E-state index >= 15 is 0 Å². The summed E-state index contributed by atoms with van der Waals surface area (Å²) >= 11 is 0. The largest absolute Gasteiger partial charge is 0.384 e. The molecule has 1 saturated carbocycles. The Kier molecular flexibility index (Phi) is 4.88. The molecule has 6 nitrogen and oxygen atoms in total. The molecule has 0 aromatic heterocycles. The molecule has 0 radical (unpaired) electrons. The molecule has 1 heterocycles. The van der Waals surface area contributed by atoms with Gasteiger partial charge in [-0.2, -0.15) is 0 Å². The van der Waals surface area contributed by atoms with E-state index in [0.717, 1.165) is 25.7 Å². The lowest BCUT2D eigenvalue weighted by Crippen LogP contribution is -2.46. The first-order chi connectivity index (χ1) is 11.8. The Hall–Kier alpha value is -1.86. The number of carbonyl (C=O) groups is 1. The molecular formula is C18H25N3O3S. The second kappa shape index (κ2) is 6.80. The number of nitrogens with one attached hydrogen (secondary N) is 2. The number of anilines is 1. The van der Waals surface area contributed by atoms with Gasteiger partial charge < -0.3 is 11.1 Å². The van der Waals surface area contributed by atoms with Crippen LogP contribution in [0.5, 0.6) is 0 Å². The van der Waals surface area contributed by atoms with Gasteiger partial charge in [0, 0.05) is 12.5 Å². The van der Waals surface area contributed by atoms with Crippen LogP contribution in [0, 0.1) is 12.8 Å². The van der Waals surface area contributed by atoms with Gasteiger partial charge in [-0.15, -0.1) is 0 Å². The van der Waals surface area contributed by atoms with Gasteiger partial charge in [0.15, 0.2) is 0 Å². The van der Waals surface area contributed by atoms with Gasteiger partial charge >= 0.3 is 0 Å². The summed E-state index contributed by atoms with van der Waals surface area (Å²) in [6.07, 6.45) is 8.49. The fraction of sp³-hybridized carbons (Fsp3) is 0.500. The van der Waals surface area contributed by atoms with Crippen molar-refractivity contribution < 1.29 is 13.2 Å². The van der Waals surface area contributed by atoms with E-state index in [9.17, 15) is 13.2 Å². The van der Waals surface area contributed by atoms with Crippen molar-refractivity contribution >= 4 is 21.6 Å². The molecule has 0 spiro atoms. The molecule has 2 aliphatic rings. The van der Waals surface area contributed by atoms with Crippen LogP contribution in [0.15, 0.2) is 35.2 Å². The van der Waals surface area contributed by atoms with E-state index in [1.165, 1.54) is 0 Å². The van der Waals surface area contributed by atoms with E-state index in [2.05, 4.69) is 10.0 Å². The number of benzene rings is 1. The second-order valence-electron chi connectivity index (χ2n) is 6.94. The highest BCUT2D eigenvalue weighted by Crippen LogP contribution is 2.43. The summed E-state index contributed by atoms with van der Waals surface area (Å²) in [5.41, 5.74) is 6.10. The highest BCUT2D eigenvalue weighted by Gasteiger charge is 2.56. The number of hydrogen-bond donors (Lipinski definition) is 3. The molecule has 136 valence electrons. The molecule has 1 fully saturated rings. The minimum atomic E-state index is -3.99. The summed E-state index contributed by atoms with van der Waals surface area (Å²) in [5, 5.41) is 3.20. The predicted molar refractivity (Wildman–Crippen MR) is 97.6 cm³/mol. The molecule has 1 aromatic carbocycles. The number of aryl methyl sites for hydroxylation is 1. The lowest BCUT2D eigenvalue weighted by Gasteiger charge is -2.17. The summed E-state index contributed by atoms with van der Waals surface area (Å²) < 4.78 is 27.8. The van der Waals surface area contributed by atoms with Crippen LogP contribution in [0.25, 0.3) is 0 Å². The highest BCUT2D eigenvalue weighted by molar-refractivity contribution is 7.90. The van der Waals surface area contributed by atoms with Crippen molar-refractivity contribution in [1.29, 1.82) is 0 Å². The maximum absolute atomic E-state index is 12.8. The summed E-state index contributed by atoms with van der Waals surface area (Å²) in [6.45, 7) is 2.41. The lowest BCUT2D eigenvalue weighted by molar-refractivity contribution is -0.121. The van der Waals surface area contributed by atoms with E-state index < -0.39 is 21.5 Å². The van der Waals surface area contributed by atoms with Crippen LogP contribution in [0.4, 0.5) is 5.69 Å². The third-order valence-corrected chi connectivity index (χ3v) is 6.45. The van der Waals surface area contributed by atoms with Crippen LogP contribution in [0.2, 0.25) is 0 Å². The molecule has 0 unspecified atom stereocenters. The third-order valence-electron chi connectivity index (χ3n) is 4.92. The van der Waals surface area contributed by atoms with Gasteiger partial charge in [-0.25, -0.2) is 13.1 Å². The van der Waals surface area contributed by atoms with Gasteiger partial charge in [0.25, 0.3) is 15.9 Å². The fourth-order valence-electron chi connectivity index (χ4n) is 3.27. The molecule has 0 saturated heterocycles. The molecule has 1 aromatic rings. The Balaban J connectivity index is 1.94. The van der Waals surface area contributed by atoms with E-state index in [-0.39, 0.29) is 10.8 Å². The van der Waals surface area contributed by atoms with Crippen LogP contribution < -0.4 is 15.8 Å². The average Bonchev–Trinajstić information content (AvgIpc) is 3.20. The first kappa shape index (κ1) is 17.9. The van der Waals surface area contributed by atoms with Gasteiger partial charge in [-0.05, 0) is 44.2 Å². The Labute approximate surface area is 148 Å². The van der Waals surface area contributed by atoms with Gasteiger partial charge in [0.05, 0.1) is 5.69 Å². The normalized spacial score (nSPS) is 29.2. The van der Waals surface area contributed by atoms with Crippen LogP contribution in [0.1, 0.15) is 37.7 Å². The SMILES string of the molecule is Cc1cccc2c1S(=O)(=O)NC(=O)[C@@]1(N)C[C@H]1C=CCCCCCN2. The second-order valence-corrected chi connectivity index (χ2v) is 8.56. The van der Waals surface area contributed by atoms with Gasteiger partial charge in [0.2, 0.25) is 0 Å². The Morgan fingerprint density at radius 3 is 2.84 bits per heavy atom. The first-order valence-corrected chi connectivity index (χ1v) is 10.2. The van der Waals surface area contributed by atoms with Crippen molar-refractivity contribution in [3.05, 3.63) is 35.9 Å². The van der Waals surface area contributed by atoms with Crippen molar-refractivity contribution in [3.63, 3.8) is 0 Å². The van der Waals surface area contributed by atoms with Gasteiger partial charge in [0.1, 0.15) is 10.4 Å². The third kappa shape index (κ3) is 3.72. The summed E-state index contributed by atoms with van der Waals surface area (Å²) in [7, 11) is -3.99. The van der Waals surface area contributed by atoms with Crippen molar-refractivity contribution in [1.82, 2.24) is 4.72 Å². The maximum atomic E-state index is 12.8. The van der Waals surface area contributed by atoms with Crippen LogP contribution in [-0.2, 0) is 14.8 Å². The van der Waals surface area contributed by atoms with E-state index in [0.29, 0.717) is 24.2 Å². The van der Waals surface area contributed by atoms with Crippen molar-refractivity contribution in [2.45, 2.75) is 49.5 Å². The molecule has 1 amide bonds. The minimum absolute atomic E-state index is 0.0951. The molecule has 1 aliphatic heterocycles. The molecule has 4 N–H and O–H groups in total. The zero-order chi connectivity index (χ0) is 18.1. The van der Waals surface area contributed by atoms with Gasteiger partial charge in [-0.3, -0.25) is 4.79 Å². The van der Waals surface area contributed by atoms with Crippen molar-refractivity contribution in [2.75, 3.05) is 11.9 Å². The van der Waals surface area contributed by atoms with E-state index in [1.54, 1.807) is 25.1 Å². The number of rotatable bonds is 0. The molecular weight excluding hydrogens is 338 g/mol. The topological polar surface area (TPSA) is 101 Å². The molecule has 1 aliphatic carbocycles. The quantitative estimate of drug-likeness (QED) is 0.613. The van der Waals surface area contributed by atoms with Gasteiger partial charge in [-0.1, -0.05) is 30.7 Å². The summed E-state index contributed by atoms with van der Waals surface area (Å²) in [4.78, 5) is 12.6. The predicted octanol–water partition coefficient (Wildman–Crippen LogP) is 2.06. The van der Waals surface area contributed by atoms with Crippen LogP contribution in [-0.4, -0.2) is 26.4 Å². The van der Waals surface area contributed by atoms with Crippen LogP contribution in [0.3, 0.4) is 0 Å². The summed E-state index contributed by atoms with van der Waals surface area (Å²) in [6, 6.07) is 5.25.